The molecule has 0 saturated heterocycles. The van der Waals surface area contributed by atoms with E-state index in [0.29, 0.717) is 0 Å². The fourth-order valence-electron chi connectivity index (χ4n) is 1.77. The number of thiazole rings is 1. The molecular weight excluding hydrogens is 456 g/mol. The zero-order chi connectivity index (χ0) is 14.1. The van der Waals surface area contributed by atoms with Crippen LogP contribution in [0, 0.1) is 0 Å². The minimum absolute atomic E-state index is 0. The zero-order valence-corrected chi connectivity index (χ0v) is 16.6. The van der Waals surface area contributed by atoms with Crippen LogP contribution >= 0.6 is 67.2 Å². The van der Waals surface area contributed by atoms with Crippen molar-refractivity contribution in [2.75, 3.05) is 0 Å². The molecule has 0 unspecified atom stereocenters. The van der Waals surface area contributed by atoms with Gasteiger partial charge in [-0.3, -0.25) is 0 Å². The first-order chi connectivity index (χ1) is 9.63. The van der Waals surface area contributed by atoms with Crippen molar-refractivity contribution < 1.29 is 0 Å². The molecule has 7 heteroatoms. The molecule has 0 saturated carbocycles. The van der Waals surface area contributed by atoms with Gasteiger partial charge >= 0.3 is 0 Å². The molecule has 3 rings (SSSR count). The summed E-state index contributed by atoms with van der Waals surface area (Å²) in [5.74, 6) is 0. The van der Waals surface area contributed by atoms with Crippen molar-refractivity contribution in [1.82, 2.24) is 4.57 Å². The van der Waals surface area contributed by atoms with Crippen LogP contribution in [0.15, 0.2) is 50.6 Å². The molecule has 0 amide bonds. The second-order valence-corrected chi connectivity index (χ2v) is 7.89. The third-order valence-electron chi connectivity index (χ3n) is 2.80. The predicted molar refractivity (Wildman–Crippen MR) is 101 cm³/mol. The number of aromatic nitrogens is 1. The van der Waals surface area contributed by atoms with Crippen LogP contribution in [0.1, 0.15) is 0 Å². The lowest BCUT2D eigenvalue weighted by Crippen LogP contribution is -2.10. The van der Waals surface area contributed by atoms with E-state index >= 15 is 0 Å². The molecular formula is C14H11Br2ClN2S2. The average molecular weight is 467 g/mol. The second kappa shape index (κ2) is 7.24. The minimum atomic E-state index is 0. The molecule has 2 heterocycles. The normalized spacial score (nSPS) is 11.5. The largest absolute Gasteiger partial charge is 0.319 e. The van der Waals surface area contributed by atoms with E-state index in [4.69, 9.17) is 11.6 Å². The molecule has 0 aliphatic heterocycles. The Bertz CT molecular complexity index is 803. The van der Waals surface area contributed by atoms with Gasteiger partial charge in [-0.05, 0) is 52.3 Å². The second-order valence-electron chi connectivity index (χ2n) is 4.15. The van der Waals surface area contributed by atoms with Gasteiger partial charge in [-0.1, -0.05) is 11.6 Å². The van der Waals surface area contributed by atoms with Crippen molar-refractivity contribution >= 4 is 72.9 Å². The Balaban J connectivity index is 0.00000161. The number of nitrogens with zero attached hydrogens (tertiary/aromatic N) is 2. The molecule has 0 radical (unpaired) electrons. The first-order valence-electron chi connectivity index (χ1n) is 5.84. The van der Waals surface area contributed by atoms with Crippen molar-refractivity contribution in [1.29, 1.82) is 0 Å². The summed E-state index contributed by atoms with van der Waals surface area (Å²) in [5.41, 5.74) is 2.09. The van der Waals surface area contributed by atoms with Crippen molar-refractivity contribution in [3.8, 4) is 10.6 Å². The lowest BCUT2D eigenvalue weighted by Gasteiger charge is -1.99. The highest BCUT2D eigenvalue weighted by atomic mass is 79.9. The first-order valence-corrected chi connectivity index (χ1v) is 8.71. The number of halogens is 3. The molecule has 0 atom stereocenters. The molecule has 0 bridgehead atoms. The Hall–Kier alpha value is -0.400. The van der Waals surface area contributed by atoms with Gasteiger partial charge in [0.15, 0.2) is 4.80 Å². The lowest BCUT2D eigenvalue weighted by molar-refractivity contribution is 0.885. The average Bonchev–Trinajstić information content (AvgIpc) is 3.00. The van der Waals surface area contributed by atoms with E-state index in [1.165, 1.54) is 10.6 Å². The number of hydrogen-bond donors (Lipinski definition) is 0. The molecule has 110 valence electrons. The van der Waals surface area contributed by atoms with Crippen molar-refractivity contribution in [2.45, 2.75) is 0 Å². The molecule has 0 spiro atoms. The van der Waals surface area contributed by atoms with Crippen molar-refractivity contribution in [2.24, 2.45) is 12.0 Å². The summed E-state index contributed by atoms with van der Waals surface area (Å²) < 4.78 is 3.24. The standard InChI is InChI=1S/C14H10BrClN2S2.BrH/c1-18-11(12-6-7-13(15)20-12)8-19-14(18)17-10-4-2-9(16)3-5-10;/h2-8H,1H3;1H. The maximum absolute atomic E-state index is 5.89. The van der Waals surface area contributed by atoms with Crippen LogP contribution in [0.3, 0.4) is 0 Å². The van der Waals surface area contributed by atoms with Crippen LogP contribution in [0.4, 0.5) is 5.69 Å². The summed E-state index contributed by atoms with van der Waals surface area (Å²) in [7, 11) is 2.04. The van der Waals surface area contributed by atoms with Crippen LogP contribution in [0.2, 0.25) is 5.02 Å². The van der Waals surface area contributed by atoms with E-state index in [-0.39, 0.29) is 17.0 Å². The van der Waals surface area contributed by atoms with E-state index < -0.39 is 0 Å². The monoisotopic (exact) mass is 464 g/mol. The van der Waals surface area contributed by atoms with E-state index in [2.05, 4.69) is 43.0 Å². The zero-order valence-electron chi connectivity index (χ0n) is 10.9. The van der Waals surface area contributed by atoms with Crippen molar-refractivity contribution in [3.05, 3.63) is 55.4 Å². The van der Waals surface area contributed by atoms with Gasteiger partial charge in [-0.25, -0.2) is 4.99 Å². The number of benzene rings is 1. The Kier molecular flexibility index (Phi) is 5.85. The van der Waals surface area contributed by atoms with Gasteiger partial charge in [0, 0.05) is 17.5 Å². The van der Waals surface area contributed by atoms with Gasteiger partial charge < -0.3 is 4.57 Å². The van der Waals surface area contributed by atoms with E-state index in [0.717, 1.165) is 19.3 Å². The Morgan fingerprint density at radius 1 is 1.14 bits per heavy atom. The van der Waals surface area contributed by atoms with Crippen molar-refractivity contribution in [3.63, 3.8) is 0 Å². The van der Waals surface area contributed by atoms with E-state index in [9.17, 15) is 0 Å². The van der Waals surface area contributed by atoms with Crippen LogP contribution in [0.5, 0.6) is 0 Å². The third-order valence-corrected chi connectivity index (χ3v) is 5.62. The maximum Gasteiger partial charge on any atom is 0.190 e. The molecule has 0 N–H and O–H groups in total. The molecule has 21 heavy (non-hydrogen) atoms. The molecule has 1 aromatic carbocycles. The summed E-state index contributed by atoms with van der Waals surface area (Å²) in [6.45, 7) is 0. The van der Waals surface area contributed by atoms with E-state index in [1.54, 1.807) is 22.7 Å². The highest BCUT2D eigenvalue weighted by molar-refractivity contribution is 9.11. The summed E-state index contributed by atoms with van der Waals surface area (Å²) in [6, 6.07) is 11.7. The van der Waals surface area contributed by atoms with Crippen LogP contribution in [-0.2, 0) is 7.05 Å². The number of thiophene rings is 1. The molecule has 3 aromatic rings. The first kappa shape index (κ1) is 17.0. The van der Waals surface area contributed by atoms with Gasteiger partial charge in [0.25, 0.3) is 0 Å². The molecule has 2 aromatic heterocycles. The predicted octanol–water partition coefficient (Wildman–Crippen LogP) is 6.04. The van der Waals surface area contributed by atoms with Gasteiger partial charge in [0.2, 0.25) is 0 Å². The van der Waals surface area contributed by atoms with Crippen LogP contribution < -0.4 is 4.80 Å². The SMILES string of the molecule is Br.Cn1c(-c2ccc(Br)s2)csc1=Nc1ccc(Cl)cc1. The summed E-state index contributed by atoms with van der Waals surface area (Å²) in [5, 5.41) is 2.86. The Morgan fingerprint density at radius 3 is 2.48 bits per heavy atom. The van der Waals surface area contributed by atoms with Gasteiger partial charge in [-0.2, -0.15) is 0 Å². The molecule has 0 aliphatic rings. The fourth-order valence-corrected chi connectivity index (χ4v) is 4.33. The summed E-state index contributed by atoms with van der Waals surface area (Å²) in [6.07, 6.45) is 0. The van der Waals surface area contributed by atoms with E-state index in [1.807, 2.05) is 31.3 Å². The molecule has 0 aliphatic carbocycles. The van der Waals surface area contributed by atoms with Crippen LogP contribution in [0.25, 0.3) is 10.6 Å². The topological polar surface area (TPSA) is 17.3 Å². The van der Waals surface area contributed by atoms with Crippen LogP contribution in [-0.4, -0.2) is 4.57 Å². The lowest BCUT2D eigenvalue weighted by atomic mass is 10.3. The minimum Gasteiger partial charge on any atom is -0.319 e. The smallest absolute Gasteiger partial charge is 0.190 e. The highest BCUT2D eigenvalue weighted by Crippen LogP contribution is 2.31. The Morgan fingerprint density at radius 2 is 1.86 bits per heavy atom. The van der Waals surface area contributed by atoms with Gasteiger partial charge in [-0.15, -0.1) is 39.7 Å². The number of hydrogen-bond acceptors (Lipinski definition) is 3. The molecule has 0 fully saturated rings. The van der Waals surface area contributed by atoms with Gasteiger partial charge in [0.05, 0.1) is 20.0 Å². The Labute approximate surface area is 154 Å². The third kappa shape index (κ3) is 3.87. The molecule has 2 nitrogen and oxygen atoms in total. The fraction of sp³-hybridized carbons (Fsp3) is 0.0714. The maximum atomic E-state index is 5.89. The summed E-state index contributed by atoms with van der Waals surface area (Å²) >= 11 is 12.7. The quantitative estimate of drug-likeness (QED) is 0.438. The highest BCUT2D eigenvalue weighted by Gasteiger charge is 2.07. The number of rotatable bonds is 2. The summed E-state index contributed by atoms with van der Waals surface area (Å²) in [4.78, 5) is 6.84. The van der Waals surface area contributed by atoms with Gasteiger partial charge in [0.1, 0.15) is 0 Å².